The standard InChI is InChI=1S/C10H15N2O9PS2/c1-4-3-12(10(16)11-8(4)14)6-2-5(13)7(20-6)9(15)23-24-21-22(17,18)19/h3,5-7,9,13,15H,2H2,1H3,(H,11,14,16)(H2,17,18,19)/t5-,6+,7-,9?/m0/s1. The maximum atomic E-state index is 11.8. The zero-order valence-electron chi connectivity index (χ0n) is 12.1. The van der Waals surface area contributed by atoms with Gasteiger partial charge >= 0.3 is 13.5 Å². The lowest BCUT2D eigenvalue weighted by Gasteiger charge is -2.20. The first-order valence-electron chi connectivity index (χ1n) is 6.49. The van der Waals surface area contributed by atoms with Gasteiger partial charge in [-0.15, -0.1) is 0 Å². The number of aromatic nitrogens is 2. The monoisotopic (exact) mass is 402 g/mol. The maximum absolute atomic E-state index is 11.8. The molecule has 0 aromatic carbocycles. The van der Waals surface area contributed by atoms with E-state index in [1.165, 1.54) is 13.1 Å². The first-order chi connectivity index (χ1) is 11.1. The molecule has 14 heteroatoms. The number of aliphatic hydroxyl groups is 2. The summed E-state index contributed by atoms with van der Waals surface area (Å²) < 4.78 is 21.2. The third-order valence-electron chi connectivity index (χ3n) is 3.14. The Hall–Kier alpha value is -0.630. The zero-order valence-corrected chi connectivity index (χ0v) is 14.7. The average Bonchev–Trinajstić information content (AvgIpc) is 2.83. The van der Waals surface area contributed by atoms with Gasteiger partial charge in [-0.2, -0.15) is 0 Å². The second-order valence-corrected chi connectivity index (χ2v) is 8.33. The lowest BCUT2D eigenvalue weighted by atomic mass is 10.2. The highest BCUT2D eigenvalue weighted by Gasteiger charge is 2.40. The van der Waals surface area contributed by atoms with Crippen molar-refractivity contribution in [1.82, 2.24) is 9.55 Å². The van der Waals surface area contributed by atoms with Crippen LogP contribution in [0, 0.1) is 6.92 Å². The van der Waals surface area contributed by atoms with Gasteiger partial charge < -0.3 is 24.7 Å². The molecular formula is C10H15N2O9PS2. The molecule has 0 radical (unpaired) electrons. The number of ether oxygens (including phenoxy) is 1. The minimum absolute atomic E-state index is 0.0162. The summed E-state index contributed by atoms with van der Waals surface area (Å²) in [6, 6.07) is 0. The Morgan fingerprint density at radius 2 is 2.17 bits per heavy atom. The summed E-state index contributed by atoms with van der Waals surface area (Å²) in [7, 11) is -4.16. The molecule has 1 saturated heterocycles. The lowest BCUT2D eigenvalue weighted by Crippen LogP contribution is -2.34. The van der Waals surface area contributed by atoms with Crippen LogP contribution in [0.5, 0.6) is 0 Å². The predicted octanol–water partition coefficient (Wildman–Crippen LogP) is -0.782. The SMILES string of the molecule is Cc1cn([C@H]2C[C@H](O)[C@@H](C(O)SSOP(=O)(O)O)O2)c(=O)[nH]c1=O. The molecule has 0 amide bonds. The Morgan fingerprint density at radius 3 is 2.79 bits per heavy atom. The molecule has 24 heavy (non-hydrogen) atoms. The molecule has 11 nitrogen and oxygen atoms in total. The van der Waals surface area contributed by atoms with Gasteiger partial charge in [-0.05, 0) is 17.7 Å². The molecule has 1 aliphatic heterocycles. The van der Waals surface area contributed by atoms with Crippen LogP contribution in [0.4, 0.5) is 0 Å². The van der Waals surface area contributed by atoms with Gasteiger partial charge in [-0.3, -0.25) is 14.3 Å². The van der Waals surface area contributed by atoms with Crippen LogP contribution in [0.2, 0.25) is 0 Å². The van der Waals surface area contributed by atoms with Gasteiger partial charge in [0.25, 0.3) is 5.56 Å². The summed E-state index contributed by atoms with van der Waals surface area (Å²) in [6.45, 7) is 1.50. The highest BCUT2D eigenvalue weighted by Crippen LogP contribution is 2.47. The number of hydrogen-bond donors (Lipinski definition) is 5. The number of aryl methyl sites for hydroxylation is 1. The predicted molar refractivity (Wildman–Crippen MR) is 84.9 cm³/mol. The van der Waals surface area contributed by atoms with Gasteiger partial charge in [0.15, 0.2) is 0 Å². The second kappa shape index (κ2) is 7.72. The first kappa shape index (κ1) is 19.7. The molecule has 1 aliphatic rings. The van der Waals surface area contributed by atoms with Crippen molar-refractivity contribution < 1.29 is 33.3 Å². The normalized spacial score (nSPS) is 25.8. The van der Waals surface area contributed by atoms with Crippen LogP contribution in [-0.4, -0.2) is 47.2 Å². The zero-order chi connectivity index (χ0) is 18.1. The van der Waals surface area contributed by atoms with Crippen LogP contribution in [-0.2, 0) is 13.3 Å². The number of rotatable bonds is 6. The van der Waals surface area contributed by atoms with Crippen LogP contribution in [0.3, 0.4) is 0 Å². The fraction of sp³-hybridized carbons (Fsp3) is 0.600. The molecule has 1 fully saturated rings. The van der Waals surface area contributed by atoms with Crippen molar-refractivity contribution in [3.8, 4) is 0 Å². The van der Waals surface area contributed by atoms with E-state index >= 15 is 0 Å². The molecule has 2 heterocycles. The quantitative estimate of drug-likeness (QED) is 0.175. The molecule has 2 rings (SSSR count). The fourth-order valence-corrected chi connectivity index (χ4v) is 4.55. The van der Waals surface area contributed by atoms with Crippen molar-refractivity contribution in [2.75, 3.05) is 0 Å². The number of H-pyrrole nitrogens is 1. The van der Waals surface area contributed by atoms with Crippen molar-refractivity contribution in [2.24, 2.45) is 0 Å². The van der Waals surface area contributed by atoms with Gasteiger partial charge in [-0.25, -0.2) is 13.3 Å². The van der Waals surface area contributed by atoms with E-state index < -0.39 is 42.9 Å². The van der Waals surface area contributed by atoms with Gasteiger partial charge in [0.05, 0.1) is 17.2 Å². The molecule has 0 bridgehead atoms. The van der Waals surface area contributed by atoms with Crippen molar-refractivity contribution in [2.45, 2.75) is 37.2 Å². The van der Waals surface area contributed by atoms with E-state index in [4.69, 9.17) is 14.5 Å². The largest absolute Gasteiger partial charge is 0.481 e. The van der Waals surface area contributed by atoms with Crippen LogP contribution in [0.1, 0.15) is 18.2 Å². The molecule has 0 spiro atoms. The average molecular weight is 402 g/mol. The van der Waals surface area contributed by atoms with E-state index in [0.29, 0.717) is 10.8 Å². The Balaban J connectivity index is 2.04. The summed E-state index contributed by atoms with van der Waals surface area (Å²) >= 11 is 0.258. The summed E-state index contributed by atoms with van der Waals surface area (Å²) in [5, 5.41) is 19.9. The lowest BCUT2D eigenvalue weighted by molar-refractivity contribution is -0.0560. The number of nitrogens with one attached hydrogen (secondary N) is 1. The van der Waals surface area contributed by atoms with Crippen molar-refractivity contribution in [3.05, 3.63) is 32.6 Å². The van der Waals surface area contributed by atoms with Crippen LogP contribution >= 0.6 is 29.7 Å². The molecular weight excluding hydrogens is 387 g/mol. The number of hydrogen-bond acceptors (Lipinski definition) is 9. The summed E-state index contributed by atoms with van der Waals surface area (Å²) in [5.41, 5.74) is -2.35. The Labute approximate surface area is 142 Å². The highest BCUT2D eigenvalue weighted by molar-refractivity contribution is 8.75. The van der Waals surface area contributed by atoms with Crippen molar-refractivity contribution in [1.29, 1.82) is 0 Å². The molecule has 4 atom stereocenters. The molecule has 1 aromatic rings. The van der Waals surface area contributed by atoms with Crippen molar-refractivity contribution in [3.63, 3.8) is 0 Å². The van der Waals surface area contributed by atoms with Gasteiger partial charge in [0.1, 0.15) is 17.8 Å². The Kier molecular flexibility index (Phi) is 6.34. The molecule has 5 N–H and O–H groups in total. The van der Waals surface area contributed by atoms with Gasteiger partial charge in [0.2, 0.25) is 0 Å². The Bertz CT molecular complexity index is 747. The maximum Gasteiger partial charge on any atom is 0.481 e. The molecule has 0 aliphatic carbocycles. The number of aliphatic hydroxyl groups excluding tert-OH is 2. The highest BCUT2D eigenvalue weighted by atomic mass is 33.1. The number of aromatic amines is 1. The third-order valence-corrected chi connectivity index (χ3v) is 6.08. The first-order valence-corrected chi connectivity index (χ1v) is 10.2. The smallest absolute Gasteiger partial charge is 0.390 e. The molecule has 136 valence electrons. The third kappa shape index (κ3) is 4.94. The van der Waals surface area contributed by atoms with E-state index in [1.807, 2.05) is 0 Å². The van der Waals surface area contributed by atoms with Crippen LogP contribution in [0.25, 0.3) is 0 Å². The summed E-state index contributed by atoms with van der Waals surface area (Å²) in [5.74, 6) is 0. The minimum atomic E-state index is -4.70. The van der Waals surface area contributed by atoms with Crippen molar-refractivity contribution >= 4 is 29.7 Å². The molecule has 1 aromatic heterocycles. The number of phosphoric acid groups is 1. The molecule has 1 unspecified atom stereocenters. The van der Waals surface area contributed by atoms with Crippen LogP contribution < -0.4 is 11.2 Å². The summed E-state index contributed by atoms with van der Waals surface area (Å²) in [6.07, 6.45) is -1.89. The summed E-state index contributed by atoms with van der Waals surface area (Å²) in [4.78, 5) is 42.4. The van der Waals surface area contributed by atoms with E-state index in [9.17, 15) is 24.4 Å². The second-order valence-electron chi connectivity index (χ2n) is 4.96. The molecule has 0 saturated carbocycles. The topological polar surface area (TPSA) is 171 Å². The Morgan fingerprint density at radius 1 is 1.50 bits per heavy atom. The van der Waals surface area contributed by atoms with E-state index in [-0.39, 0.29) is 23.1 Å². The fourth-order valence-electron chi connectivity index (χ4n) is 2.06. The van der Waals surface area contributed by atoms with E-state index in [2.05, 4.69) is 8.95 Å². The van der Waals surface area contributed by atoms with E-state index in [0.717, 1.165) is 4.57 Å². The van der Waals surface area contributed by atoms with Crippen LogP contribution in [0.15, 0.2) is 15.8 Å². The van der Waals surface area contributed by atoms with Gasteiger partial charge in [-0.1, -0.05) is 0 Å². The minimum Gasteiger partial charge on any atom is -0.390 e. The van der Waals surface area contributed by atoms with Gasteiger partial charge in [0, 0.05) is 18.2 Å². The van der Waals surface area contributed by atoms with E-state index in [1.54, 1.807) is 0 Å². The number of nitrogens with zero attached hydrogens (tertiary/aromatic N) is 1.